The van der Waals surface area contributed by atoms with Crippen molar-refractivity contribution in [3.63, 3.8) is 0 Å². The van der Waals surface area contributed by atoms with Gasteiger partial charge < -0.3 is 19.4 Å². The molecule has 2 aromatic heterocycles. The average molecular weight is 292 g/mol. The van der Waals surface area contributed by atoms with Gasteiger partial charge in [-0.2, -0.15) is 0 Å². The van der Waals surface area contributed by atoms with Gasteiger partial charge in [-0.25, -0.2) is 0 Å². The molecule has 2 heterocycles. The van der Waals surface area contributed by atoms with Gasteiger partial charge in [0.25, 0.3) is 0 Å². The van der Waals surface area contributed by atoms with Crippen molar-refractivity contribution < 1.29 is 18.8 Å². The summed E-state index contributed by atoms with van der Waals surface area (Å²) in [6.45, 7) is 3.51. The summed E-state index contributed by atoms with van der Waals surface area (Å²) in [6.07, 6.45) is 3.48. The Bertz CT molecular complexity index is 548. The first kappa shape index (κ1) is 15.3. The maximum absolute atomic E-state index is 10.5. The Balaban J connectivity index is 1.66. The lowest BCUT2D eigenvalue weighted by atomic mass is 10.0. The largest absolute Gasteiger partial charge is 0.481 e. The predicted molar refractivity (Wildman–Crippen MR) is 76.6 cm³/mol. The van der Waals surface area contributed by atoms with Gasteiger partial charge in [0.1, 0.15) is 0 Å². The second kappa shape index (κ2) is 7.64. The standard InChI is InChI=1S/C15H20N2O4/c1-11(4-5-15(18)19)6-7-16-10-12-9-14(21-17-12)13-3-2-8-20-13/h2-3,8-9,11,16H,4-7,10H2,1H3,(H,18,19). The van der Waals surface area contributed by atoms with Gasteiger partial charge in [0.05, 0.1) is 12.0 Å². The van der Waals surface area contributed by atoms with Gasteiger partial charge in [0.15, 0.2) is 5.76 Å². The van der Waals surface area contributed by atoms with Crippen LogP contribution in [0.2, 0.25) is 0 Å². The van der Waals surface area contributed by atoms with Crippen LogP contribution in [0.5, 0.6) is 0 Å². The number of hydrogen-bond acceptors (Lipinski definition) is 5. The molecular formula is C15H20N2O4. The van der Waals surface area contributed by atoms with Gasteiger partial charge in [-0.3, -0.25) is 4.79 Å². The zero-order valence-electron chi connectivity index (χ0n) is 12.0. The van der Waals surface area contributed by atoms with Gasteiger partial charge in [0, 0.05) is 19.0 Å². The minimum absolute atomic E-state index is 0.233. The maximum Gasteiger partial charge on any atom is 0.303 e. The molecule has 0 fully saturated rings. The van der Waals surface area contributed by atoms with E-state index in [9.17, 15) is 4.79 Å². The lowest BCUT2D eigenvalue weighted by Crippen LogP contribution is -2.17. The molecule has 21 heavy (non-hydrogen) atoms. The highest BCUT2D eigenvalue weighted by Gasteiger charge is 2.09. The third-order valence-electron chi connectivity index (χ3n) is 3.29. The summed E-state index contributed by atoms with van der Waals surface area (Å²) in [5.41, 5.74) is 0.819. The Morgan fingerprint density at radius 3 is 3.00 bits per heavy atom. The summed E-state index contributed by atoms with van der Waals surface area (Å²) >= 11 is 0. The van der Waals surface area contributed by atoms with Gasteiger partial charge in [-0.05, 0) is 37.4 Å². The Hall–Kier alpha value is -2.08. The molecule has 0 spiro atoms. The van der Waals surface area contributed by atoms with E-state index in [-0.39, 0.29) is 6.42 Å². The molecule has 114 valence electrons. The van der Waals surface area contributed by atoms with Crippen molar-refractivity contribution >= 4 is 5.97 Å². The summed E-state index contributed by atoms with van der Waals surface area (Å²) in [5, 5.41) is 15.9. The summed E-state index contributed by atoms with van der Waals surface area (Å²) in [6, 6.07) is 5.47. The number of nitrogens with zero attached hydrogens (tertiary/aromatic N) is 1. The second-order valence-corrected chi connectivity index (χ2v) is 5.16. The van der Waals surface area contributed by atoms with Gasteiger partial charge in [0.2, 0.25) is 5.76 Å². The van der Waals surface area contributed by atoms with Crippen molar-refractivity contribution in [3.05, 3.63) is 30.2 Å². The fourth-order valence-corrected chi connectivity index (χ4v) is 2.01. The maximum atomic E-state index is 10.5. The number of furan rings is 1. The van der Waals surface area contributed by atoms with Crippen molar-refractivity contribution in [2.45, 2.75) is 32.7 Å². The number of rotatable bonds is 9. The van der Waals surface area contributed by atoms with E-state index in [4.69, 9.17) is 14.0 Å². The molecule has 2 N–H and O–H groups in total. The van der Waals surface area contributed by atoms with Crippen LogP contribution in [-0.2, 0) is 11.3 Å². The van der Waals surface area contributed by atoms with E-state index in [1.165, 1.54) is 0 Å². The van der Waals surface area contributed by atoms with Crippen molar-refractivity contribution in [3.8, 4) is 11.5 Å². The topological polar surface area (TPSA) is 88.5 Å². The monoisotopic (exact) mass is 292 g/mol. The lowest BCUT2D eigenvalue weighted by Gasteiger charge is -2.09. The number of aromatic nitrogens is 1. The van der Waals surface area contributed by atoms with Crippen molar-refractivity contribution in [1.82, 2.24) is 10.5 Å². The number of nitrogens with one attached hydrogen (secondary N) is 1. The molecule has 6 heteroatoms. The molecule has 1 unspecified atom stereocenters. The molecule has 6 nitrogen and oxygen atoms in total. The highest BCUT2D eigenvalue weighted by atomic mass is 16.5. The Morgan fingerprint density at radius 1 is 1.43 bits per heavy atom. The van der Waals surface area contributed by atoms with Crippen LogP contribution in [0.3, 0.4) is 0 Å². The van der Waals surface area contributed by atoms with Gasteiger partial charge in [-0.15, -0.1) is 0 Å². The molecule has 0 aliphatic heterocycles. The van der Waals surface area contributed by atoms with Crippen LogP contribution < -0.4 is 5.32 Å². The molecule has 0 aliphatic carbocycles. The van der Waals surface area contributed by atoms with Crippen LogP contribution in [0.1, 0.15) is 31.9 Å². The zero-order chi connectivity index (χ0) is 15.1. The predicted octanol–water partition coefficient (Wildman–Crippen LogP) is 2.92. The smallest absolute Gasteiger partial charge is 0.303 e. The third-order valence-corrected chi connectivity index (χ3v) is 3.29. The minimum atomic E-state index is -0.733. The molecule has 1 atom stereocenters. The van der Waals surface area contributed by atoms with E-state index < -0.39 is 5.97 Å². The van der Waals surface area contributed by atoms with E-state index in [2.05, 4.69) is 17.4 Å². The summed E-state index contributed by atoms with van der Waals surface area (Å²) in [5.74, 6) is 0.940. The van der Waals surface area contributed by atoms with Gasteiger partial charge >= 0.3 is 5.97 Å². The van der Waals surface area contributed by atoms with Crippen LogP contribution in [-0.4, -0.2) is 22.8 Å². The fourth-order valence-electron chi connectivity index (χ4n) is 2.01. The molecule has 0 aromatic carbocycles. The van der Waals surface area contributed by atoms with Crippen molar-refractivity contribution in [1.29, 1.82) is 0 Å². The molecule has 0 amide bonds. The van der Waals surface area contributed by atoms with Crippen LogP contribution in [0, 0.1) is 5.92 Å². The lowest BCUT2D eigenvalue weighted by molar-refractivity contribution is -0.137. The molecule has 0 saturated heterocycles. The first-order chi connectivity index (χ1) is 10.1. The third kappa shape index (κ3) is 5.07. The number of hydrogen-bond donors (Lipinski definition) is 2. The molecular weight excluding hydrogens is 272 g/mol. The average Bonchev–Trinajstić information content (AvgIpc) is 3.11. The second-order valence-electron chi connectivity index (χ2n) is 5.16. The quantitative estimate of drug-likeness (QED) is 0.691. The number of carbonyl (C=O) groups is 1. The van der Waals surface area contributed by atoms with E-state index in [0.717, 1.165) is 18.7 Å². The minimum Gasteiger partial charge on any atom is -0.481 e. The highest BCUT2D eigenvalue weighted by molar-refractivity contribution is 5.66. The molecule has 0 aliphatic rings. The van der Waals surface area contributed by atoms with Crippen LogP contribution in [0.25, 0.3) is 11.5 Å². The molecule has 0 bridgehead atoms. The molecule has 0 radical (unpaired) electrons. The van der Waals surface area contributed by atoms with Gasteiger partial charge in [-0.1, -0.05) is 12.1 Å². The molecule has 2 aromatic rings. The summed E-state index contributed by atoms with van der Waals surface area (Å²) in [7, 11) is 0. The van der Waals surface area contributed by atoms with E-state index in [1.807, 2.05) is 12.1 Å². The highest BCUT2D eigenvalue weighted by Crippen LogP contribution is 2.20. The normalized spacial score (nSPS) is 12.4. The van der Waals surface area contributed by atoms with Crippen LogP contribution in [0.15, 0.2) is 33.4 Å². The van der Waals surface area contributed by atoms with Crippen molar-refractivity contribution in [2.75, 3.05) is 6.54 Å². The zero-order valence-corrected chi connectivity index (χ0v) is 12.0. The Labute approximate surface area is 123 Å². The van der Waals surface area contributed by atoms with E-state index in [1.54, 1.807) is 12.3 Å². The van der Waals surface area contributed by atoms with Crippen molar-refractivity contribution in [2.24, 2.45) is 5.92 Å². The Kier molecular flexibility index (Phi) is 5.57. The molecule has 0 saturated carbocycles. The van der Waals surface area contributed by atoms with E-state index in [0.29, 0.717) is 30.4 Å². The fraction of sp³-hybridized carbons (Fsp3) is 0.467. The number of aliphatic carboxylic acids is 1. The van der Waals surface area contributed by atoms with E-state index >= 15 is 0 Å². The first-order valence-corrected chi connectivity index (χ1v) is 7.07. The summed E-state index contributed by atoms with van der Waals surface area (Å²) in [4.78, 5) is 10.5. The number of carboxylic acids is 1. The Morgan fingerprint density at radius 2 is 2.29 bits per heavy atom. The van der Waals surface area contributed by atoms with Crippen LogP contribution in [0.4, 0.5) is 0 Å². The summed E-state index contributed by atoms with van der Waals surface area (Å²) < 4.78 is 10.4. The number of carboxylic acid groups (broad SMARTS) is 1. The van der Waals surface area contributed by atoms with Crippen LogP contribution >= 0.6 is 0 Å². The molecule has 2 rings (SSSR count). The SMILES string of the molecule is CC(CCNCc1cc(-c2ccco2)on1)CCC(=O)O. The first-order valence-electron chi connectivity index (χ1n) is 7.07.